The number of pyridine rings is 1. The van der Waals surface area contributed by atoms with Gasteiger partial charge in [0, 0.05) is 42.1 Å². The van der Waals surface area contributed by atoms with E-state index in [9.17, 15) is 0 Å². The van der Waals surface area contributed by atoms with Crippen molar-refractivity contribution in [2.75, 3.05) is 13.1 Å². The first-order valence-corrected chi connectivity index (χ1v) is 11.7. The molecule has 170 valence electrons. The minimum Gasteiger partial charge on any atom is -0.351 e. The number of fused-ring (bicyclic) bond motifs is 2. The van der Waals surface area contributed by atoms with Crippen LogP contribution in [0.5, 0.6) is 0 Å². The van der Waals surface area contributed by atoms with Gasteiger partial charge < -0.3 is 10.3 Å². The molecular weight excluding hydrogens is 434 g/mol. The van der Waals surface area contributed by atoms with Crippen LogP contribution < -0.4 is 10.7 Å². The molecule has 0 radical (unpaired) electrons. The van der Waals surface area contributed by atoms with Gasteiger partial charge in [-0.15, -0.1) is 0 Å². The van der Waals surface area contributed by atoms with Gasteiger partial charge >= 0.3 is 0 Å². The van der Waals surface area contributed by atoms with Gasteiger partial charge in [0.15, 0.2) is 0 Å². The van der Waals surface area contributed by atoms with E-state index in [2.05, 4.69) is 48.9 Å². The zero-order valence-corrected chi connectivity index (χ0v) is 19.3. The topological polar surface area (TPSA) is 82.3 Å². The summed E-state index contributed by atoms with van der Waals surface area (Å²) in [5, 5.41) is 4.09. The van der Waals surface area contributed by atoms with Crippen molar-refractivity contribution in [2.24, 2.45) is 4.99 Å². The van der Waals surface area contributed by atoms with Crippen molar-refractivity contribution in [2.45, 2.75) is 44.4 Å². The van der Waals surface area contributed by atoms with Crippen molar-refractivity contribution in [3.63, 3.8) is 0 Å². The summed E-state index contributed by atoms with van der Waals surface area (Å²) >= 11 is 6.28. The molecule has 0 saturated carbocycles. The van der Waals surface area contributed by atoms with E-state index in [0.717, 1.165) is 54.9 Å². The molecule has 7 nitrogen and oxygen atoms in total. The SMILES string of the molecule is [C-]#[N+]NC(=NCCCCc1cnc[nH]1)NCCC1c2ccc(Cl)cc2CCc2cccnc21. The number of nitrogens with zero attached hydrogens (tertiary/aromatic N) is 4. The number of aryl methyl sites for hydroxylation is 3. The number of H-pyrrole nitrogens is 1. The first kappa shape index (κ1) is 22.8. The Bertz CT molecular complexity index is 1120. The molecule has 1 unspecified atom stereocenters. The number of aliphatic imine (C=N–C) groups is 1. The maximum Gasteiger partial charge on any atom is 0.262 e. The molecule has 1 aliphatic carbocycles. The minimum absolute atomic E-state index is 0.173. The third kappa shape index (κ3) is 6.11. The van der Waals surface area contributed by atoms with Crippen LogP contribution in [0.25, 0.3) is 4.95 Å². The Labute approximate surface area is 199 Å². The van der Waals surface area contributed by atoms with E-state index in [1.165, 1.54) is 16.7 Å². The monoisotopic (exact) mass is 461 g/mol. The van der Waals surface area contributed by atoms with Crippen molar-refractivity contribution in [1.82, 2.24) is 25.7 Å². The van der Waals surface area contributed by atoms with Crippen LogP contribution in [0.3, 0.4) is 0 Å². The van der Waals surface area contributed by atoms with Crippen LogP contribution in [0.15, 0.2) is 54.0 Å². The highest BCUT2D eigenvalue weighted by Gasteiger charge is 2.24. The van der Waals surface area contributed by atoms with Gasteiger partial charge in [0.2, 0.25) is 0 Å². The zero-order chi connectivity index (χ0) is 22.9. The van der Waals surface area contributed by atoms with Gasteiger partial charge in [-0.05, 0) is 73.4 Å². The molecule has 3 N–H and O–H groups in total. The number of imidazole rings is 1. The number of benzene rings is 1. The Morgan fingerprint density at radius 2 is 2.15 bits per heavy atom. The van der Waals surface area contributed by atoms with Crippen LogP contribution >= 0.6 is 11.6 Å². The third-order valence-corrected chi connectivity index (χ3v) is 6.20. The van der Waals surface area contributed by atoms with Crippen molar-refractivity contribution in [1.29, 1.82) is 0 Å². The van der Waals surface area contributed by atoms with Gasteiger partial charge in [0.05, 0.1) is 12.0 Å². The van der Waals surface area contributed by atoms with Gasteiger partial charge in [-0.2, -0.15) is 11.5 Å². The van der Waals surface area contributed by atoms with Gasteiger partial charge in [-0.1, -0.05) is 29.2 Å². The van der Waals surface area contributed by atoms with E-state index in [0.29, 0.717) is 19.0 Å². The van der Waals surface area contributed by atoms with E-state index in [4.69, 9.17) is 23.2 Å². The molecule has 0 spiro atoms. The largest absolute Gasteiger partial charge is 0.351 e. The van der Waals surface area contributed by atoms with Crippen LogP contribution in [0.4, 0.5) is 0 Å². The number of hydrogen-bond donors (Lipinski definition) is 3. The van der Waals surface area contributed by atoms with Gasteiger partial charge in [0.1, 0.15) is 0 Å². The van der Waals surface area contributed by atoms with Gasteiger partial charge in [-0.25, -0.2) is 9.98 Å². The lowest BCUT2D eigenvalue weighted by Gasteiger charge is -2.20. The van der Waals surface area contributed by atoms with E-state index in [1.807, 2.05) is 24.5 Å². The van der Waals surface area contributed by atoms with Gasteiger partial charge in [-0.3, -0.25) is 4.98 Å². The Morgan fingerprint density at radius 3 is 3.00 bits per heavy atom. The summed E-state index contributed by atoms with van der Waals surface area (Å²) in [6.07, 6.45) is 11.1. The molecule has 2 heterocycles. The molecule has 0 fully saturated rings. The van der Waals surface area contributed by atoms with Crippen LogP contribution in [0.2, 0.25) is 5.02 Å². The molecule has 0 saturated heterocycles. The molecule has 8 heteroatoms. The lowest BCUT2D eigenvalue weighted by Crippen LogP contribution is -2.35. The van der Waals surface area contributed by atoms with Crippen molar-refractivity contribution < 1.29 is 0 Å². The number of hydrogen-bond acceptors (Lipinski definition) is 3. The first-order valence-electron chi connectivity index (χ1n) is 11.3. The summed E-state index contributed by atoms with van der Waals surface area (Å²) in [7, 11) is 0. The Kier molecular flexibility index (Phi) is 7.94. The molecule has 0 aliphatic heterocycles. The molecular formula is C25H28ClN7. The lowest BCUT2D eigenvalue weighted by atomic mass is 9.89. The maximum absolute atomic E-state index is 7.18. The fourth-order valence-corrected chi connectivity index (χ4v) is 4.57. The highest BCUT2D eigenvalue weighted by Crippen LogP contribution is 2.36. The smallest absolute Gasteiger partial charge is 0.262 e. The second-order valence-electron chi connectivity index (χ2n) is 8.15. The zero-order valence-electron chi connectivity index (χ0n) is 18.5. The lowest BCUT2D eigenvalue weighted by molar-refractivity contribution is 0.664. The fourth-order valence-electron chi connectivity index (χ4n) is 4.37. The Morgan fingerprint density at radius 1 is 1.24 bits per heavy atom. The molecule has 3 aromatic rings. The van der Waals surface area contributed by atoms with E-state index < -0.39 is 0 Å². The normalized spacial score (nSPS) is 15.2. The summed E-state index contributed by atoms with van der Waals surface area (Å²) in [6.45, 7) is 8.52. The average Bonchev–Trinajstić information content (AvgIpc) is 3.29. The standard InChI is InChI=1S/C25H28ClN7/c1-27-33-25(30-12-3-2-6-21-16-28-17-32-21)31-14-11-23-22-10-9-20(26)15-19(22)8-7-18-5-4-13-29-24(18)23/h4-5,9-10,13,15-17,23H,2-3,6-8,11-12,14H2,(H,28,32)(H2,30,31,33). The number of aromatic amines is 1. The van der Waals surface area contributed by atoms with Crippen LogP contribution in [0, 0.1) is 6.57 Å². The number of unbranched alkanes of at least 4 members (excludes halogenated alkanes) is 1. The highest BCUT2D eigenvalue weighted by atomic mass is 35.5. The summed E-state index contributed by atoms with van der Waals surface area (Å²) in [6, 6.07) is 10.4. The fraction of sp³-hybridized carbons (Fsp3) is 0.360. The minimum atomic E-state index is 0.173. The predicted molar refractivity (Wildman–Crippen MR) is 131 cm³/mol. The van der Waals surface area contributed by atoms with Crippen LogP contribution in [-0.2, 0) is 19.3 Å². The average molecular weight is 462 g/mol. The maximum atomic E-state index is 7.18. The Hall–Kier alpha value is -3.37. The quantitative estimate of drug-likeness (QED) is 0.152. The van der Waals surface area contributed by atoms with Crippen LogP contribution in [0.1, 0.15) is 53.3 Å². The second-order valence-corrected chi connectivity index (χ2v) is 8.58. The van der Waals surface area contributed by atoms with E-state index in [-0.39, 0.29) is 5.92 Å². The van der Waals surface area contributed by atoms with Gasteiger partial charge in [0.25, 0.3) is 5.96 Å². The molecule has 4 rings (SSSR count). The molecule has 1 aromatic carbocycles. The first-order chi connectivity index (χ1) is 16.2. The number of nitrogens with one attached hydrogen (secondary N) is 3. The summed E-state index contributed by atoms with van der Waals surface area (Å²) < 4.78 is 0. The molecule has 0 amide bonds. The van der Waals surface area contributed by atoms with E-state index in [1.54, 1.807) is 6.33 Å². The molecule has 1 atom stereocenters. The van der Waals surface area contributed by atoms with Crippen molar-refractivity contribution >= 4 is 17.6 Å². The molecule has 0 bridgehead atoms. The molecule has 33 heavy (non-hydrogen) atoms. The highest BCUT2D eigenvalue weighted by molar-refractivity contribution is 6.30. The third-order valence-electron chi connectivity index (χ3n) is 5.97. The predicted octanol–water partition coefficient (Wildman–Crippen LogP) is 4.47. The van der Waals surface area contributed by atoms with Crippen LogP contribution in [-0.4, -0.2) is 34.0 Å². The molecule has 1 aliphatic rings. The summed E-state index contributed by atoms with van der Waals surface area (Å²) in [4.78, 5) is 19.8. The number of rotatable bonds is 8. The number of guanidine groups is 1. The summed E-state index contributed by atoms with van der Waals surface area (Å²) in [5.74, 6) is 0.699. The van der Waals surface area contributed by atoms with Crippen molar-refractivity contribution in [3.05, 3.63) is 93.7 Å². The number of aromatic nitrogens is 3. The number of halogens is 1. The second kappa shape index (κ2) is 11.5. The van der Waals surface area contributed by atoms with E-state index >= 15 is 0 Å². The van der Waals surface area contributed by atoms with Crippen molar-refractivity contribution in [3.8, 4) is 0 Å². The Balaban J connectivity index is 1.38. The molecule has 2 aromatic heterocycles. The summed E-state index contributed by atoms with van der Waals surface area (Å²) in [5.41, 5.74) is 8.80.